The zero-order valence-electron chi connectivity index (χ0n) is 10.7. The molecule has 110 valence electrons. The summed E-state index contributed by atoms with van der Waals surface area (Å²) in [4.78, 5) is 10.7. The van der Waals surface area contributed by atoms with Gasteiger partial charge >= 0.3 is 5.97 Å². The smallest absolute Gasteiger partial charge is 0.303 e. The third-order valence-corrected chi connectivity index (χ3v) is 5.48. The zero-order valence-corrected chi connectivity index (χ0v) is 13.1. The number of benzene rings is 1. The molecule has 0 saturated carbocycles. The monoisotopic (exact) mass is 363 g/mol. The second-order valence-corrected chi connectivity index (χ2v) is 7.40. The van der Waals surface area contributed by atoms with Gasteiger partial charge in [0, 0.05) is 17.6 Å². The number of ether oxygens (including phenoxy) is 1. The molecule has 0 spiro atoms. The van der Waals surface area contributed by atoms with Crippen molar-refractivity contribution >= 4 is 31.9 Å². The van der Waals surface area contributed by atoms with E-state index in [9.17, 15) is 13.2 Å². The highest BCUT2D eigenvalue weighted by Gasteiger charge is 2.38. The molecule has 1 heterocycles. The van der Waals surface area contributed by atoms with E-state index in [1.54, 1.807) is 12.1 Å². The highest BCUT2D eigenvalue weighted by Crippen LogP contribution is 2.33. The summed E-state index contributed by atoms with van der Waals surface area (Å²) in [5, 5.41) is 8.68. The second-order valence-electron chi connectivity index (χ2n) is 4.58. The van der Waals surface area contributed by atoms with Crippen molar-refractivity contribution in [2.45, 2.75) is 11.3 Å². The van der Waals surface area contributed by atoms with E-state index in [0.29, 0.717) is 4.47 Å². The lowest BCUT2D eigenvalue weighted by molar-refractivity contribution is -0.139. The molecule has 1 aliphatic rings. The first-order valence-electron chi connectivity index (χ1n) is 5.90. The number of hydrogen-bond acceptors (Lipinski definition) is 4. The van der Waals surface area contributed by atoms with Crippen molar-refractivity contribution in [2.24, 2.45) is 5.92 Å². The quantitative estimate of drug-likeness (QED) is 0.857. The number of rotatable bonds is 5. The largest absolute Gasteiger partial charge is 0.495 e. The van der Waals surface area contributed by atoms with Crippen LogP contribution in [0.1, 0.15) is 6.42 Å². The van der Waals surface area contributed by atoms with Crippen LogP contribution in [0.3, 0.4) is 0 Å². The maximum Gasteiger partial charge on any atom is 0.303 e. The van der Waals surface area contributed by atoms with Crippen LogP contribution in [0.5, 0.6) is 5.75 Å². The molecule has 8 heteroatoms. The number of carbonyl (C=O) groups is 1. The van der Waals surface area contributed by atoms with E-state index < -0.39 is 16.0 Å². The Morgan fingerprint density at radius 3 is 2.70 bits per heavy atom. The molecule has 0 unspecified atom stereocenters. The Balaban J connectivity index is 2.20. The van der Waals surface area contributed by atoms with Crippen LogP contribution in [0.25, 0.3) is 0 Å². The number of aliphatic carboxylic acids is 1. The van der Waals surface area contributed by atoms with Gasteiger partial charge in [-0.15, -0.1) is 0 Å². The van der Waals surface area contributed by atoms with E-state index in [1.165, 1.54) is 17.5 Å². The van der Waals surface area contributed by atoms with Gasteiger partial charge in [-0.1, -0.05) is 15.9 Å². The molecule has 6 nitrogen and oxygen atoms in total. The van der Waals surface area contributed by atoms with E-state index >= 15 is 0 Å². The molecule has 1 aromatic rings. The second kappa shape index (κ2) is 5.71. The Hall–Kier alpha value is -1.12. The van der Waals surface area contributed by atoms with E-state index in [0.717, 1.165) is 0 Å². The molecule has 0 aliphatic carbocycles. The summed E-state index contributed by atoms with van der Waals surface area (Å²) in [5.41, 5.74) is 0. The minimum Gasteiger partial charge on any atom is -0.495 e. The molecule has 1 saturated heterocycles. The summed E-state index contributed by atoms with van der Waals surface area (Å²) in [5.74, 6) is -0.762. The first kappa shape index (κ1) is 15.3. The van der Waals surface area contributed by atoms with Crippen molar-refractivity contribution in [3.63, 3.8) is 0 Å². The predicted molar refractivity (Wildman–Crippen MR) is 75.2 cm³/mol. The van der Waals surface area contributed by atoms with Crippen molar-refractivity contribution in [1.82, 2.24) is 4.31 Å². The molecule has 1 aromatic carbocycles. The lowest BCUT2D eigenvalue weighted by atomic mass is 10.00. The maximum atomic E-state index is 12.5. The minimum absolute atomic E-state index is 0.0123. The normalized spacial score (nSPS) is 16.7. The molecule has 0 amide bonds. The first-order chi connectivity index (χ1) is 9.34. The average molecular weight is 364 g/mol. The molecule has 0 atom stereocenters. The van der Waals surface area contributed by atoms with Crippen LogP contribution >= 0.6 is 15.9 Å². The highest BCUT2D eigenvalue weighted by molar-refractivity contribution is 9.10. The average Bonchev–Trinajstić information content (AvgIpc) is 2.32. The summed E-state index contributed by atoms with van der Waals surface area (Å²) < 4.78 is 31.9. The minimum atomic E-state index is -3.65. The molecule has 0 radical (unpaired) electrons. The number of carboxylic acid groups (broad SMARTS) is 1. The Morgan fingerprint density at radius 2 is 2.15 bits per heavy atom. The van der Waals surface area contributed by atoms with Gasteiger partial charge in [-0.3, -0.25) is 4.79 Å². The topological polar surface area (TPSA) is 83.9 Å². The number of halogens is 1. The molecule has 1 aliphatic heterocycles. The summed E-state index contributed by atoms with van der Waals surface area (Å²) >= 11 is 3.24. The third-order valence-electron chi connectivity index (χ3n) is 3.13. The van der Waals surface area contributed by atoms with Gasteiger partial charge < -0.3 is 9.84 Å². The van der Waals surface area contributed by atoms with Crippen LogP contribution < -0.4 is 4.74 Å². The van der Waals surface area contributed by atoms with Gasteiger partial charge in [0.25, 0.3) is 0 Å². The SMILES string of the molecule is COc1ccc(Br)cc1S(=O)(=O)N1CC(CC(=O)O)C1. The molecule has 0 bridgehead atoms. The maximum absolute atomic E-state index is 12.5. The van der Waals surface area contributed by atoms with Gasteiger partial charge in [0.15, 0.2) is 0 Å². The van der Waals surface area contributed by atoms with Crippen molar-refractivity contribution in [2.75, 3.05) is 20.2 Å². The van der Waals surface area contributed by atoms with Gasteiger partial charge in [0.2, 0.25) is 10.0 Å². The van der Waals surface area contributed by atoms with E-state index in [1.807, 2.05) is 0 Å². The Labute approximate surface area is 125 Å². The summed E-state index contributed by atoms with van der Waals surface area (Å²) in [6.07, 6.45) is -0.0123. The van der Waals surface area contributed by atoms with Gasteiger partial charge in [-0.2, -0.15) is 4.31 Å². The fourth-order valence-electron chi connectivity index (χ4n) is 2.09. The zero-order chi connectivity index (χ0) is 14.9. The van der Waals surface area contributed by atoms with Gasteiger partial charge in [-0.05, 0) is 24.1 Å². The van der Waals surface area contributed by atoms with Crippen LogP contribution in [0.4, 0.5) is 0 Å². The molecular weight excluding hydrogens is 350 g/mol. The predicted octanol–water partition coefficient (Wildman–Crippen LogP) is 1.55. The molecular formula is C12H14BrNO5S. The van der Waals surface area contributed by atoms with Gasteiger partial charge in [-0.25, -0.2) is 8.42 Å². The third kappa shape index (κ3) is 2.97. The fourth-order valence-corrected chi connectivity index (χ4v) is 4.37. The Kier molecular flexibility index (Phi) is 4.36. The standard InChI is InChI=1S/C12H14BrNO5S/c1-19-10-3-2-9(13)5-11(10)20(17,18)14-6-8(7-14)4-12(15)16/h2-3,5,8H,4,6-7H2,1H3,(H,15,16). The lowest BCUT2D eigenvalue weighted by Crippen LogP contribution is -2.50. The number of nitrogens with zero attached hydrogens (tertiary/aromatic N) is 1. The van der Waals surface area contributed by atoms with E-state index in [-0.39, 0.29) is 36.1 Å². The molecule has 2 rings (SSSR count). The van der Waals surface area contributed by atoms with Crippen LogP contribution in [0.15, 0.2) is 27.6 Å². The number of sulfonamides is 1. The molecule has 1 N–H and O–H groups in total. The molecule has 0 aromatic heterocycles. The number of carboxylic acids is 1. The van der Waals surface area contributed by atoms with Gasteiger partial charge in [0.05, 0.1) is 13.5 Å². The summed E-state index contributed by atoms with van der Waals surface area (Å²) in [6.45, 7) is 0.453. The number of methoxy groups -OCH3 is 1. The highest BCUT2D eigenvalue weighted by atomic mass is 79.9. The van der Waals surface area contributed by atoms with Crippen molar-refractivity contribution in [3.8, 4) is 5.75 Å². The summed E-state index contributed by atoms with van der Waals surface area (Å²) in [7, 11) is -2.24. The van der Waals surface area contributed by atoms with Gasteiger partial charge in [0.1, 0.15) is 10.6 Å². The first-order valence-corrected chi connectivity index (χ1v) is 8.13. The van der Waals surface area contributed by atoms with Crippen LogP contribution in [0.2, 0.25) is 0 Å². The Morgan fingerprint density at radius 1 is 1.50 bits per heavy atom. The van der Waals surface area contributed by atoms with E-state index in [4.69, 9.17) is 9.84 Å². The van der Waals surface area contributed by atoms with Crippen molar-refractivity contribution < 1.29 is 23.1 Å². The van der Waals surface area contributed by atoms with Crippen molar-refractivity contribution in [1.29, 1.82) is 0 Å². The Bertz CT molecular complexity index is 625. The lowest BCUT2D eigenvalue weighted by Gasteiger charge is -2.37. The van der Waals surface area contributed by atoms with E-state index in [2.05, 4.69) is 15.9 Å². The summed E-state index contributed by atoms with van der Waals surface area (Å²) in [6, 6.07) is 4.76. The van der Waals surface area contributed by atoms with Crippen molar-refractivity contribution in [3.05, 3.63) is 22.7 Å². The molecule has 20 heavy (non-hydrogen) atoms. The molecule has 1 fully saturated rings. The van der Waals surface area contributed by atoms with Crippen LogP contribution in [-0.2, 0) is 14.8 Å². The fraction of sp³-hybridized carbons (Fsp3) is 0.417. The number of hydrogen-bond donors (Lipinski definition) is 1. The van der Waals surface area contributed by atoms with Crippen LogP contribution in [0, 0.1) is 5.92 Å². The van der Waals surface area contributed by atoms with Crippen LogP contribution in [-0.4, -0.2) is 44.0 Å².